The normalized spacial score (nSPS) is 14.7. The molecule has 1 aliphatic rings. The van der Waals surface area contributed by atoms with Gasteiger partial charge in [0, 0.05) is 17.5 Å². The van der Waals surface area contributed by atoms with Gasteiger partial charge in [0.2, 0.25) is 10.0 Å². The summed E-state index contributed by atoms with van der Waals surface area (Å²) in [7, 11) is -2.55. The number of rotatable bonds is 5. The highest BCUT2D eigenvalue weighted by Crippen LogP contribution is 2.34. The molecule has 0 fully saturated rings. The molecule has 0 radical (unpaired) electrons. The third-order valence-electron chi connectivity index (χ3n) is 4.06. The number of anilines is 1. The second-order valence-electron chi connectivity index (χ2n) is 5.76. The Kier molecular flexibility index (Phi) is 5.03. The molecule has 2 aromatic carbocycles. The Morgan fingerprint density at radius 3 is 2.33 bits per heavy atom. The molecular weight excluding hydrogens is 383 g/mol. The molecule has 0 saturated heterocycles. The van der Waals surface area contributed by atoms with E-state index in [0.29, 0.717) is 16.9 Å². The second kappa shape index (κ2) is 7.12. The number of nitrogens with two attached hydrogens (primary N) is 1. The third-order valence-corrected chi connectivity index (χ3v) is 4.99. The van der Waals surface area contributed by atoms with Gasteiger partial charge in [-0.05, 0) is 42.5 Å². The molecule has 2 aromatic rings. The lowest BCUT2D eigenvalue weighted by Crippen LogP contribution is -2.29. The minimum Gasteiger partial charge on any atom is -0.494 e. The highest BCUT2D eigenvalue weighted by Gasteiger charge is 2.28. The lowest BCUT2D eigenvalue weighted by Gasteiger charge is -2.24. The minimum atomic E-state index is -3.87. The molecule has 6 nitrogen and oxygen atoms in total. The van der Waals surface area contributed by atoms with Crippen molar-refractivity contribution in [2.45, 2.75) is 11.4 Å². The van der Waals surface area contributed by atoms with E-state index < -0.39 is 22.4 Å². The van der Waals surface area contributed by atoms with Gasteiger partial charge in [0.15, 0.2) is 11.6 Å². The maximum absolute atomic E-state index is 14.1. The van der Waals surface area contributed by atoms with Crippen LogP contribution >= 0.6 is 0 Å². The molecule has 27 heavy (non-hydrogen) atoms. The fourth-order valence-corrected chi connectivity index (χ4v) is 3.23. The van der Waals surface area contributed by atoms with Gasteiger partial charge < -0.3 is 14.5 Å². The molecule has 3 rings (SSSR count). The molecule has 10 heteroatoms. The molecule has 0 unspecified atom stereocenters. The number of hydrogen-bond acceptors (Lipinski definition) is 5. The van der Waals surface area contributed by atoms with Crippen molar-refractivity contribution < 1.29 is 26.3 Å². The van der Waals surface area contributed by atoms with Gasteiger partial charge in [-0.15, -0.1) is 0 Å². The Balaban J connectivity index is 2.01. The van der Waals surface area contributed by atoms with Crippen LogP contribution in [0.4, 0.5) is 18.9 Å². The predicted octanol–water partition coefficient (Wildman–Crippen LogP) is 2.78. The van der Waals surface area contributed by atoms with E-state index in [9.17, 15) is 21.6 Å². The Bertz CT molecular complexity index is 979. The molecule has 0 aliphatic carbocycles. The number of hydrogen-bond donors (Lipinski definition) is 1. The van der Waals surface area contributed by atoms with Crippen molar-refractivity contribution in [1.82, 2.24) is 4.90 Å². The average molecular weight is 399 g/mol. The van der Waals surface area contributed by atoms with Crippen molar-refractivity contribution in [2.24, 2.45) is 5.14 Å². The number of primary sulfonamides is 1. The Morgan fingerprint density at radius 1 is 1.15 bits per heavy atom. The summed E-state index contributed by atoms with van der Waals surface area (Å²) >= 11 is 0. The summed E-state index contributed by atoms with van der Waals surface area (Å²) in [5.41, 5.74) is 1.15. The van der Waals surface area contributed by atoms with Crippen LogP contribution in [0.25, 0.3) is 5.70 Å². The molecule has 2 N–H and O–H groups in total. The molecular formula is C17H16F3N3O3S. The molecule has 0 atom stereocenters. The van der Waals surface area contributed by atoms with Crippen molar-refractivity contribution >= 4 is 21.4 Å². The largest absolute Gasteiger partial charge is 0.494 e. The number of halogens is 3. The van der Waals surface area contributed by atoms with E-state index in [1.807, 2.05) is 0 Å². The van der Waals surface area contributed by atoms with Crippen LogP contribution in [0.1, 0.15) is 5.56 Å². The topological polar surface area (TPSA) is 75.9 Å². The molecule has 0 bridgehead atoms. The maximum Gasteiger partial charge on any atom is 0.316 e. The van der Waals surface area contributed by atoms with Gasteiger partial charge in [-0.1, -0.05) is 0 Å². The molecule has 144 valence electrons. The van der Waals surface area contributed by atoms with Crippen molar-refractivity contribution in [2.75, 3.05) is 18.7 Å². The molecule has 0 aromatic heterocycles. The summed E-state index contributed by atoms with van der Waals surface area (Å²) in [5.74, 6) is -0.594. The van der Waals surface area contributed by atoms with Gasteiger partial charge in [0.05, 0.1) is 24.4 Å². The van der Waals surface area contributed by atoms with Gasteiger partial charge in [0.1, 0.15) is 0 Å². The number of nitrogens with zero attached hydrogens (tertiary/aromatic N) is 2. The lowest BCUT2D eigenvalue weighted by molar-refractivity contribution is 0.0124. The SMILES string of the molecule is COc1ccc(C2=CN(C(F)F)CN2c2ccc(S(N)(=O)=O)cc2)cc1F. The van der Waals surface area contributed by atoms with Crippen molar-refractivity contribution in [3.8, 4) is 5.75 Å². The maximum atomic E-state index is 14.1. The lowest BCUT2D eigenvalue weighted by atomic mass is 10.1. The number of benzene rings is 2. The molecule has 0 spiro atoms. The summed E-state index contributed by atoms with van der Waals surface area (Å²) in [6.45, 7) is -2.94. The van der Waals surface area contributed by atoms with Crippen LogP contribution in [0.5, 0.6) is 5.75 Å². The molecule has 1 heterocycles. The smallest absolute Gasteiger partial charge is 0.316 e. The third kappa shape index (κ3) is 3.86. The monoisotopic (exact) mass is 399 g/mol. The van der Waals surface area contributed by atoms with Crippen LogP contribution in [-0.2, 0) is 10.0 Å². The summed E-state index contributed by atoms with van der Waals surface area (Å²) < 4.78 is 68.1. The first-order valence-electron chi connectivity index (χ1n) is 7.71. The van der Waals surface area contributed by atoms with E-state index in [-0.39, 0.29) is 17.3 Å². The van der Waals surface area contributed by atoms with E-state index >= 15 is 0 Å². The standard InChI is InChI=1S/C17H16F3N3O3S/c1-26-16-7-2-11(8-14(16)18)15-9-22(17(19)20)10-23(15)12-3-5-13(6-4-12)27(21,24)25/h2-9,17H,10H2,1H3,(H2,21,24,25). The highest BCUT2D eigenvalue weighted by atomic mass is 32.2. The van der Waals surface area contributed by atoms with E-state index in [1.54, 1.807) is 6.07 Å². The van der Waals surface area contributed by atoms with E-state index in [1.165, 1.54) is 54.6 Å². The van der Waals surface area contributed by atoms with Crippen molar-refractivity contribution in [1.29, 1.82) is 0 Å². The molecule has 0 amide bonds. The Hall–Kier alpha value is -2.72. The van der Waals surface area contributed by atoms with E-state index in [2.05, 4.69) is 0 Å². The first-order chi connectivity index (χ1) is 12.7. The van der Waals surface area contributed by atoms with Crippen LogP contribution in [-0.4, -0.2) is 33.6 Å². The summed E-state index contributed by atoms with van der Waals surface area (Å²) in [6.07, 6.45) is 1.22. The first kappa shape index (κ1) is 19.1. The molecule has 0 saturated carbocycles. The van der Waals surface area contributed by atoms with Gasteiger partial charge in [0.25, 0.3) is 0 Å². The van der Waals surface area contributed by atoms with Gasteiger partial charge in [-0.3, -0.25) is 0 Å². The Labute approximate surface area is 154 Å². The number of alkyl halides is 2. The zero-order chi connectivity index (χ0) is 19.8. The van der Waals surface area contributed by atoms with Crippen LogP contribution in [0.15, 0.2) is 53.6 Å². The second-order valence-corrected chi connectivity index (χ2v) is 7.33. The van der Waals surface area contributed by atoms with Crippen molar-refractivity contribution in [3.63, 3.8) is 0 Å². The van der Waals surface area contributed by atoms with E-state index in [0.717, 1.165) is 4.90 Å². The zero-order valence-corrected chi connectivity index (χ0v) is 15.0. The van der Waals surface area contributed by atoms with Gasteiger partial charge >= 0.3 is 6.55 Å². The van der Waals surface area contributed by atoms with Crippen LogP contribution in [0.3, 0.4) is 0 Å². The molecule has 1 aliphatic heterocycles. The quantitative estimate of drug-likeness (QED) is 0.783. The fourth-order valence-electron chi connectivity index (χ4n) is 2.72. The van der Waals surface area contributed by atoms with Gasteiger partial charge in [-0.2, -0.15) is 8.78 Å². The zero-order valence-electron chi connectivity index (χ0n) is 14.1. The number of ether oxygens (including phenoxy) is 1. The number of methoxy groups -OCH3 is 1. The fraction of sp³-hybridized carbons (Fsp3) is 0.176. The number of sulfonamides is 1. The Morgan fingerprint density at radius 2 is 1.81 bits per heavy atom. The predicted molar refractivity (Wildman–Crippen MR) is 93.9 cm³/mol. The minimum absolute atomic E-state index is 0.0344. The first-order valence-corrected chi connectivity index (χ1v) is 9.25. The van der Waals surface area contributed by atoms with E-state index in [4.69, 9.17) is 9.88 Å². The summed E-state index contributed by atoms with van der Waals surface area (Å²) in [5, 5.41) is 5.07. The summed E-state index contributed by atoms with van der Waals surface area (Å²) in [4.78, 5) is 2.20. The van der Waals surface area contributed by atoms with Crippen LogP contribution < -0.4 is 14.8 Å². The van der Waals surface area contributed by atoms with Gasteiger partial charge in [-0.25, -0.2) is 17.9 Å². The average Bonchev–Trinajstić information content (AvgIpc) is 3.06. The highest BCUT2D eigenvalue weighted by molar-refractivity contribution is 7.89. The van der Waals surface area contributed by atoms with Crippen LogP contribution in [0, 0.1) is 5.82 Å². The summed E-state index contributed by atoms with van der Waals surface area (Å²) in [6, 6.07) is 9.59. The van der Waals surface area contributed by atoms with Crippen LogP contribution in [0.2, 0.25) is 0 Å². The van der Waals surface area contributed by atoms with Crippen molar-refractivity contribution in [3.05, 3.63) is 60.0 Å².